The van der Waals surface area contributed by atoms with E-state index < -0.39 is 51.1 Å². The predicted molar refractivity (Wildman–Crippen MR) is 256 cm³/mol. The van der Waals surface area contributed by atoms with Gasteiger partial charge in [0.15, 0.2) is 6.10 Å². The van der Waals surface area contributed by atoms with Gasteiger partial charge in [-0.25, -0.2) is 4.57 Å². The van der Waals surface area contributed by atoms with Crippen LogP contribution in [0.4, 0.5) is 0 Å². The summed E-state index contributed by atoms with van der Waals surface area (Å²) in [7, 11) is -4.74. The number of nitrogens with two attached hydrogens (primary N) is 1. The van der Waals surface area contributed by atoms with E-state index in [1.165, 1.54) is 98.8 Å². The number of carboxylic acid groups (broad SMARTS) is 1. The number of aliphatic carboxylic acids is 1. The van der Waals surface area contributed by atoms with Gasteiger partial charge in [0.25, 0.3) is 0 Å². The van der Waals surface area contributed by atoms with Gasteiger partial charge in [-0.1, -0.05) is 129 Å². The lowest BCUT2D eigenvalue weighted by molar-refractivity contribution is -0.161. The first-order valence-electron chi connectivity index (χ1n) is 25.4. The molecule has 0 fully saturated rings. The maximum Gasteiger partial charge on any atom is 0.472 e. The van der Waals surface area contributed by atoms with E-state index in [4.69, 9.17) is 38.2 Å². The highest BCUT2D eigenvalue weighted by Gasteiger charge is 2.28. The van der Waals surface area contributed by atoms with E-state index in [9.17, 15) is 23.8 Å². The number of phosphoric ester groups is 1. The number of esters is 2. The second kappa shape index (κ2) is 35.2. The molecule has 0 spiro atoms. The number of carboxylic acids is 1. The second-order valence-electron chi connectivity index (χ2n) is 18.1. The number of rotatable bonds is 42. The molecule has 0 aliphatic rings. The van der Waals surface area contributed by atoms with Gasteiger partial charge >= 0.3 is 25.7 Å². The highest BCUT2D eigenvalue weighted by molar-refractivity contribution is 7.47. The standard InChI is InChI=1S/C51H88NO12P/c1-6-8-24-30-43-36-40(3)46(62-43)31-26-20-16-14-15-19-23-29-35-50(54)63-44(38-60-65(57,58)61-39-45(52)51(55)56)37-59-49(53)34-28-22-18-13-11-10-12-17-21-27-33-48-42(5)41(4)47(64-48)32-25-9-7-2/h36,44-45H,6-35,37-39,52H2,1-5H3,(H,55,56)(H,57,58). The summed E-state index contributed by atoms with van der Waals surface area (Å²) in [6, 6.07) is 0.660. The fraction of sp³-hybridized carbons (Fsp3) is 0.784. The van der Waals surface area contributed by atoms with Gasteiger partial charge < -0.3 is 34.0 Å². The van der Waals surface area contributed by atoms with Crippen molar-refractivity contribution in [2.45, 2.75) is 239 Å². The summed E-state index contributed by atoms with van der Waals surface area (Å²) in [6.45, 7) is 9.23. The fourth-order valence-electron chi connectivity index (χ4n) is 7.91. The molecule has 3 atom stereocenters. The van der Waals surface area contributed by atoms with Crippen molar-refractivity contribution in [3.63, 3.8) is 0 Å². The molecular formula is C51H88NO12P. The third kappa shape index (κ3) is 27.5. The maximum atomic E-state index is 12.7. The van der Waals surface area contributed by atoms with Crippen LogP contribution in [0.2, 0.25) is 0 Å². The van der Waals surface area contributed by atoms with E-state index in [0.29, 0.717) is 12.8 Å². The topological polar surface area (TPSA) is 198 Å². The highest BCUT2D eigenvalue weighted by atomic mass is 31.2. The normalized spacial score (nSPS) is 13.5. The molecule has 13 nitrogen and oxygen atoms in total. The fourth-order valence-corrected chi connectivity index (χ4v) is 8.69. The number of hydrogen-bond acceptors (Lipinski definition) is 11. The van der Waals surface area contributed by atoms with Crippen LogP contribution in [0.25, 0.3) is 0 Å². The molecule has 4 N–H and O–H groups in total. The maximum absolute atomic E-state index is 12.7. The van der Waals surface area contributed by atoms with Crippen molar-refractivity contribution >= 4 is 25.7 Å². The van der Waals surface area contributed by atoms with Crippen LogP contribution in [0.3, 0.4) is 0 Å². The Labute approximate surface area is 391 Å². The first kappa shape index (κ1) is 58.2. The summed E-state index contributed by atoms with van der Waals surface area (Å²) >= 11 is 0. The third-order valence-electron chi connectivity index (χ3n) is 12.2. The van der Waals surface area contributed by atoms with Crippen molar-refractivity contribution in [1.29, 1.82) is 0 Å². The van der Waals surface area contributed by atoms with E-state index in [1.807, 2.05) is 0 Å². The van der Waals surface area contributed by atoms with Crippen molar-refractivity contribution in [3.8, 4) is 0 Å². The molecule has 2 aromatic heterocycles. The molecule has 65 heavy (non-hydrogen) atoms. The molecule has 2 aromatic rings. The quantitative estimate of drug-likeness (QED) is 0.0323. The van der Waals surface area contributed by atoms with Crippen LogP contribution in [0.5, 0.6) is 0 Å². The summed E-state index contributed by atoms with van der Waals surface area (Å²) in [4.78, 5) is 46.4. The van der Waals surface area contributed by atoms with Gasteiger partial charge in [-0.3, -0.25) is 23.4 Å². The van der Waals surface area contributed by atoms with Crippen molar-refractivity contribution in [2.24, 2.45) is 5.73 Å². The van der Waals surface area contributed by atoms with Gasteiger partial charge in [-0.15, -0.1) is 0 Å². The molecule has 2 heterocycles. The zero-order chi connectivity index (χ0) is 47.7. The van der Waals surface area contributed by atoms with E-state index in [0.717, 1.165) is 108 Å². The number of hydrogen-bond donors (Lipinski definition) is 3. The highest BCUT2D eigenvalue weighted by Crippen LogP contribution is 2.43. The number of phosphoric acid groups is 1. The second-order valence-corrected chi connectivity index (χ2v) is 19.5. The van der Waals surface area contributed by atoms with E-state index >= 15 is 0 Å². The average Bonchev–Trinajstić information content (AvgIpc) is 3.77. The molecule has 0 amide bonds. The lowest BCUT2D eigenvalue weighted by Gasteiger charge is -2.20. The Morgan fingerprint density at radius 2 is 1.02 bits per heavy atom. The van der Waals surface area contributed by atoms with Crippen LogP contribution in [-0.4, -0.2) is 59.9 Å². The molecule has 0 saturated heterocycles. The lowest BCUT2D eigenvalue weighted by atomic mass is 10.0. The van der Waals surface area contributed by atoms with E-state index in [-0.39, 0.29) is 19.4 Å². The Hall–Kier alpha value is -2.96. The SMILES string of the molecule is CCCCCc1cc(C)c(CCCCCCCCCCC(=O)OC(COC(=O)CCCCCCCCCCCCc2oc(CCCCC)c(C)c2C)COP(=O)(O)OCC(N)C(=O)O)o1. The number of carbonyl (C=O) groups is 3. The molecule has 0 bridgehead atoms. The van der Waals surface area contributed by atoms with Crippen LogP contribution in [0.1, 0.15) is 221 Å². The summed E-state index contributed by atoms with van der Waals surface area (Å²) < 4.78 is 45.3. The number of carbonyl (C=O) groups excluding carboxylic acids is 2. The molecule has 0 radical (unpaired) electrons. The van der Waals surface area contributed by atoms with Crippen molar-refractivity contribution < 1.29 is 56.3 Å². The first-order valence-corrected chi connectivity index (χ1v) is 26.9. The Balaban J connectivity index is 1.60. The minimum atomic E-state index is -4.74. The number of unbranched alkanes of at least 4 members (excludes halogenated alkanes) is 20. The van der Waals surface area contributed by atoms with E-state index in [2.05, 4.69) is 40.7 Å². The summed E-state index contributed by atoms with van der Waals surface area (Å²) in [6.07, 6.45) is 29.5. The monoisotopic (exact) mass is 938 g/mol. The molecule has 3 unspecified atom stereocenters. The molecule has 0 aliphatic heterocycles. The van der Waals surface area contributed by atoms with Gasteiger partial charge in [0.05, 0.1) is 13.2 Å². The molecule has 2 rings (SSSR count). The van der Waals surface area contributed by atoms with Crippen LogP contribution < -0.4 is 5.73 Å². The molecule has 374 valence electrons. The van der Waals surface area contributed by atoms with Crippen molar-refractivity contribution in [2.75, 3.05) is 19.8 Å². The third-order valence-corrected chi connectivity index (χ3v) is 13.2. The van der Waals surface area contributed by atoms with Gasteiger partial charge in [0.2, 0.25) is 0 Å². The summed E-state index contributed by atoms with van der Waals surface area (Å²) in [5.41, 5.74) is 9.28. The van der Waals surface area contributed by atoms with Crippen LogP contribution >= 0.6 is 7.82 Å². The molecule has 0 aliphatic carbocycles. The number of aryl methyl sites for hydroxylation is 5. The zero-order valence-corrected chi connectivity index (χ0v) is 42.0. The average molecular weight is 938 g/mol. The van der Waals surface area contributed by atoms with Gasteiger partial charge in [0, 0.05) is 38.5 Å². The minimum Gasteiger partial charge on any atom is -0.480 e. The summed E-state index contributed by atoms with van der Waals surface area (Å²) in [5, 5.41) is 8.94. The van der Waals surface area contributed by atoms with Crippen LogP contribution in [0.15, 0.2) is 14.9 Å². The Morgan fingerprint density at radius 1 is 0.585 bits per heavy atom. The number of furan rings is 2. The van der Waals surface area contributed by atoms with Gasteiger partial charge in [-0.2, -0.15) is 0 Å². The zero-order valence-electron chi connectivity index (χ0n) is 41.1. The molecule has 0 aromatic carbocycles. The van der Waals surface area contributed by atoms with Crippen LogP contribution in [-0.2, 0) is 63.2 Å². The molecular weight excluding hydrogens is 850 g/mol. The number of ether oxygens (including phenoxy) is 2. The predicted octanol–water partition coefficient (Wildman–Crippen LogP) is 12.9. The largest absolute Gasteiger partial charge is 0.480 e. The van der Waals surface area contributed by atoms with E-state index in [1.54, 1.807) is 0 Å². The van der Waals surface area contributed by atoms with Crippen LogP contribution in [0, 0.1) is 20.8 Å². The van der Waals surface area contributed by atoms with Crippen molar-refractivity contribution in [3.05, 3.63) is 45.8 Å². The first-order chi connectivity index (χ1) is 31.3. The lowest BCUT2D eigenvalue weighted by Crippen LogP contribution is -2.34. The molecule has 0 saturated carbocycles. The minimum absolute atomic E-state index is 0.138. The summed E-state index contributed by atoms with van der Waals surface area (Å²) in [5.74, 6) is 2.17. The van der Waals surface area contributed by atoms with Gasteiger partial charge in [-0.05, 0) is 82.1 Å². The Morgan fingerprint density at radius 3 is 1.52 bits per heavy atom. The van der Waals surface area contributed by atoms with Gasteiger partial charge in [0.1, 0.15) is 35.7 Å². The van der Waals surface area contributed by atoms with Crippen molar-refractivity contribution in [1.82, 2.24) is 0 Å². The Kier molecular flexibility index (Phi) is 31.5. The molecule has 14 heteroatoms. The Bertz CT molecular complexity index is 1640. The smallest absolute Gasteiger partial charge is 0.472 e.